The zero-order chi connectivity index (χ0) is 28.2. The minimum absolute atomic E-state index is 0.140. The first kappa shape index (κ1) is 29.2. The molecule has 0 aliphatic carbocycles. The van der Waals surface area contributed by atoms with Gasteiger partial charge in [-0.1, -0.05) is 41.9 Å². The number of anilines is 2. The van der Waals surface area contributed by atoms with Crippen LogP contribution in [0, 0.1) is 0 Å². The molecular formula is C28H31ClN6O4S. The number of rotatable bonds is 10. The number of morpholine rings is 1. The number of thiocarbonyl (C=S) groups is 1. The number of carbonyl (C=O) groups excluding carboxylic acids is 2. The van der Waals surface area contributed by atoms with Gasteiger partial charge in [0.2, 0.25) is 5.91 Å². The Bertz CT molecular complexity index is 1310. The highest BCUT2D eigenvalue weighted by Crippen LogP contribution is 2.30. The van der Waals surface area contributed by atoms with Crippen LogP contribution in [-0.4, -0.2) is 66.3 Å². The lowest BCUT2D eigenvalue weighted by molar-refractivity contribution is -0.119. The van der Waals surface area contributed by atoms with Crippen LogP contribution in [0.5, 0.6) is 11.5 Å². The average molecular weight is 583 g/mol. The number of nitrogens with one attached hydrogen (secondary N) is 4. The summed E-state index contributed by atoms with van der Waals surface area (Å²) in [5.41, 5.74) is 1.40. The maximum atomic E-state index is 12.3. The smallest absolute Gasteiger partial charge is 0.320 e. The number of pyridine rings is 1. The minimum Gasteiger partial charge on any atom is -0.457 e. The van der Waals surface area contributed by atoms with Crippen molar-refractivity contribution in [3.8, 4) is 11.5 Å². The molecule has 1 fully saturated rings. The molecule has 0 spiro atoms. The number of amides is 3. The third-order valence-corrected chi connectivity index (χ3v) is 6.42. The van der Waals surface area contributed by atoms with Gasteiger partial charge in [-0.05, 0) is 48.9 Å². The summed E-state index contributed by atoms with van der Waals surface area (Å²) >= 11 is 11.7. The Morgan fingerprint density at radius 3 is 2.58 bits per heavy atom. The maximum Gasteiger partial charge on any atom is 0.320 e. The molecule has 2 aromatic carbocycles. The zero-order valence-electron chi connectivity index (χ0n) is 21.8. The summed E-state index contributed by atoms with van der Waals surface area (Å²) in [6, 6.07) is 17.3. The summed E-state index contributed by atoms with van der Waals surface area (Å²) in [7, 11) is 0. The number of nitrogens with zero attached hydrogens (tertiary/aromatic N) is 2. The molecule has 40 heavy (non-hydrogen) atoms. The van der Waals surface area contributed by atoms with E-state index < -0.39 is 0 Å². The van der Waals surface area contributed by atoms with Gasteiger partial charge in [0.1, 0.15) is 17.3 Å². The largest absolute Gasteiger partial charge is 0.457 e. The molecule has 0 unspecified atom stereocenters. The molecular weight excluding hydrogens is 552 g/mol. The third kappa shape index (κ3) is 9.76. The number of urea groups is 1. The molecule has 1 saturated heterocycles. The number of hydrogen-bond donors (Lipinski definition) is 4. The number of halogens is 1. The Labute approximate surface area is 243 Å². The lowest BCUT2D eigenvalue weighted by atomic mass is 10.1. The Hall–Kier alpha value is -3.77. The first-order chi connectivity index (χ1) is 19.4. The summed E-state index contributed by atoms with van der Waals surface area (Å²) in [4.78, 5) is 31.0. The van der Waals surface area contributed by atoms with E-state index in [0.717, 1.165) is 44.8 Å². The quantitative estimate of drug-likeness (QED) is 0.205. The van der Waals surface area contributed by atoms with Crippen LogP contribution in [0.2, 0.25) is 5.02 Å². The van der Waals surface area contributed by atoms with Crippen molar-refractivity contribution >= 4 is 52.4 Å². The van der Waals surface area contributed by atoms with Gasteiger partial charge < -0.3 is 25.4 Å². The second-order valence-electron chi connectivity index (χ2n) is 8.97. The van der Waals surface area contributed by atoms with Crippen LogP contribution >= 0.6 is 23.8 Å². The number of aromatic nitrogens is 1. The van der Waals surface area contributed by atoms with E-state index in [1.807, 2.05) is 30.3 Å². The number of ether oxygens (including phenoxy) is 2. The van der Waals surface area contributed by atoms with Gasteiger partial charge in [-0.25, -0.2) is 9.78 Å². The fraction of sp³-hybridized carbons (Fsp3) is 0.286. The van der Waals surface area contributed by atoms with Crippen LogP contribution in [0.15, 0.2) is 66.9 Å². The number of carbonyl (C=O) groups is 2. The van der Waals surface area contributed by atoms with Crippen LogP contribution in [0.3, 0.4) is 0 Å². The summed E-state index contributed by atoms with van der Waals surface area (Å²) in [5, 5.41) is 11.6. The van der Waals surface area contributed by atoms with E-state index in [1.54, 1.807) is 30.3 Å². The van der Waals surface area contributed by atoms with Crippen molar-refractivity contribution in [3.05, 3.63) is 77.4 Å². The molecule has 0 saturated carbocycles. The van der Waals surface area contributed by atoms with Gasteiger partial charge in [-0.15, -0.1) is 0 Å². The molecule has 2 heterocycles. The Kier molecular flexibility index (Phi) is 11.1. The molecule has 0 radical (unpaired) electrons. The molecule has 1 aliphatic heterocycles. The molecule has 3 aromatic rings. The fourth-order valence-corrected chi connectivity index (χ4v) is 4.38. The van der Waals surface area contributed by atoms with Crippen molar-refractivity contribution in [3.63, 3.8) is 0 Å². The molecule has 12 heteroatoms. The predicted octanol–water partition coefficient (Wildman–Crippen LogP) is 4.43. The van der Waals surface area contributed by atoms with Crippen molar-refractivity contribution < 1.29 is 19.1 Å². The predicted molar refractivity (Wildman–Crippen MR) is 159 cm³/mol. The normalized spacial score (nSPS) is 13.2. The molecule has 1 aliphatic rings. The first-order valence-electron chi connectivity index (χ1n) is 12.9. The first-order valence-corrected chi connectivity index (χ1v) is 13.7. The monoisotopic (exact) mass is 582 g/mol. The second-order valence-corrected chi connectivity index (χ2v) is 9.79. The van der Waals surface area contributed by atoms with Gasteiger partial charge in [-0.3, -0.25) is 15.0 Å². The van der Waals surface area contributed by atoms with E-state index in [9.17, 15) is 9.59 Å². The highest BCUT2D eigenvalue weighted by atomic mass is 35.5. The van der Waals surface area contributed by atoms with Crippen LogP contribution in [0.4, 0.5) is 16.3 Å². The summed E-state index contributed by atoms with van der Waals surface area (Å²) < 4.78 is 11.2. The molecule has 210 valence electrons. The summed E-state index contributed by atoms with van der Waals surface area (Å²) in [5.74, 6) is 1.06. The van der Waals surface area contributed by atoms with Gasteiger partial charge in [0.05, 0.1) is 30.3 Å². The lowest BCUT2D eigenvalue weighted by Gasteiger charge is -2.26. The molecule has 4 N–H and O–H groups in total. The number of hydrogen-bond acceptors (Lipinski definition) is 7. The van der Waals surface area contributed by atoms with E-state index >= 15 is 0 Å². The van der Waals surface area contributed by atoms with Crippen LogP contribution in [-0.2, 0) is 16.0 Å². The Morgan fingerprint density at radius 2 is 1.80 bits per heavy atom. The molecule has 10 nitrogen and oxygen atoms in total. The number of benzene rings is 2. The molecule has 0 atom stereocenters. The van der Waals surface area contributed by atoms with Crippen molar-refractivity contribution in [1.29, 1.82) is 0 Å². The summed E-state index contributed by atoms with van der Waals surface area (Å²) in [6.45, 7) is 4.83. The van der Waals surface area contributed by atoms with Crippen LogP contribution < -0.4 is 26.0 Å². The Balaban J connectivity index is 1.22. The van der Waals surface area contributed by atoms with Gasteiger partial charge in [0.15, 0.2) is 5.11 Å². The second kappa shape index (κ2) is 15.1. The van der Waals surface area contributed by atoms with Crippen molar-refractivity contribution in [1.82, 2.24) is 20.5 Å². The standard InChI is InChI=1S/C28H31ClN6O4S/c29-23-18-21(7-8-24(23)32-28(40)34-26(36)17-20-5-2-1-3-6-20)39-22-9-11-30-25(19-22)33-27(37)31-10-4-12-35-13-15-38-16-14-35/h1-3,5-9,11,18-19H,4,10,12-17H2,(H2,30,31,33,37)(H2,32,34,36,40). The van der Waals surface area contributed by atoms with Gasteiger partial charge in [0.25, 0.3) is 0 Å². The molecule has 4 rings (SSSR count). The lowest BCUT2D eigenvalue weighted by Crippen LogP contribution is -2.38. The molecule has 1 aromatic heterocycles. The van der Waals surface area contributed by atoms with Crippen LogP contribution in [0.25, 0.3) is 0 Å². The van der Waals surface area contributed by atoms with E-state index in [0.29, 0.717) is 34.6 Å². The Morgan fingerprint density at radius 1 is 1.02 bits per heavy atom. The van der Waals surface area contributed by atoms with Crippen molar-refractivity contribution in [2.75, 3.05) is 50.0 Å². The van der Waals surface area contributed by atoms with E-state index in [1.165, 1.54) is 6.20 Å². The van der Waals surface area contributed by atoms with Gasteiger partial charge in [-0.2, -0.15) is 0 Å². The van der Waals surface area contributed by atoms with E-state index in [-0.39, 0.29) is 23.5 Å². The maximum absolute atomic E-state index is 12.3. The van der Waals surface area contributed by atoms with Crippen molar-refractivity contribution in [2.24, 2.45) is 0 Å². The topological polar surface area (TPSA) is 117 Å². The SMILES string of the molecule is O=C(Cc1ccccc1)NC(=S)Nc1ccc(Oc2ccnc(NC(=O)NCCCN3CCOCC3)c2)cc1Cl. The minimum atomic E-state index is -0.336. The molecule has 0 bridgehead atoms. The average Bonchev–Trinajstić information content (AvgIpc) is 2.94. The summed E-state index contributed by atoms with van der Waals surface area (Å²) in [6.07, 6.45) is 2.60. The van der Waals surface area contributed by atoms with Crippen LogP contribution in [0.1, 0.15) is 12.0 Å². The third-order valence-electron chi connectivity index (χ3n) is 5.90. The van der Waals surface area contributed by atoms with Crippen molar-refractivity contribution in [2.45, 2.75) is 12.8 Å². The van der Waals surface area contributed by atoms with Gasteiger partial charge in [0, 0.05) is 38.0 Å². The van der Waals surface area contributed by atoms with Gasteiger partial charge >= 0.3 is 6.03 Å². The highest BCUT2D eigenvalue weighted by molar-refractivity contribution is 7.80. The van der Waals surface area contributed by atoms with E-state index in [2.05, 4.69) is 31.2 Å². The molecule has 3 amide bonds. The van der Waals surface area contributed by atoms with E-state index in [4.69, 9.17) is 33.3 Å². The zero-order valence-corrected chi connectivity index (χ0v) is 23.4. The highest BCUT2D eigenvalue weighted by Gasteiger charge is 2.11. The fourth-order valence-electron chi connectivity index (χ4n) is 3.94.